The highest BCUT2D eigenvalue weighted by molar-refractivity contribution is 5.85. The molecule has 0 unspecified atom stereocenters. The molecule has 1 N–H and O–H groups in total. The fraction of sp³-hybridized carbons (Fsp3) is 0.583. The summed E-state index contributed by atoms with van der Waals surface area (Å²) in [5, 5.41) is 10.2. The van der Waals surface area contributed by atoms with E-state index in [4.69, 9.17) is 0 Å². The molecule has 96 valence electrons. The molecule has 18 heavy (non-hydrogen) atoms. The lowest BCUT2D eigenvalue weighted by atomic mass is 9.89. The van der Waals surface area contributed by atoms with Crippen LogP contribution in [0, 0.1) is 5.92 Å². The van der Waals surface area contributed by atoms with Gasteiger partial charge in [-0.3, -0.25) is 0 Å². The average Bonchev–Trinajstić information content (AvgIpc) is 3.18. The van der Waals surface area contributed by atoms with Gasteiger partial charge in [-0.15, -0.1) is 0 Å². The van der Waals surface area contributed by atoms with Gasteiger partial charge in [0.15, 0.2) is 0 Å². The maximum Gasteiger partial charge on any atom is 0.376 e. The third kappa shape index (κ3) is 1.82. The van der Waals surface area contributed by atoms with E-state index < -0.39 is 11.6 Å². The van der Waals surface area contributed by atoms with Gasteiger partial charge in [0.25, 0.3) is 0 Å². The van der Waals surface area contributed by atoms with Gasteiger partial charge in [0, 0.05) is 6.20 Å². The Balaban J connectivity index is 1.72. The first kappa shape index (κ1) is 11.4. The molecule has 1 aliphatic carbocycles. The minimum absolute atomic E-state index is 0.0526. The quantitative estimate of drug-likeness (QED) is 0.773. The first-order valence-corrected chi connectivity index (χ1v) is 6.01. The van der Waals surface area contributed by atoms with E-state index in [-0.39, 0.29) is 5.82 Å². The zero-order valence-electron chi connectivity index (χ0n) is 10.2. The molecular formula is C12H15N3O3. The van der Waals surface area contributed by atoms with Gasteiger partial charge < -0.3 is 14.7 Å². The van der Waals surface area contributed by atoms with E-state index in [1.165, 1.54) is 13.3 Å². The molecule has 0 aromatic carbocycles. The fourth-order valence-corrected chi connectivity index (χ4v) is 2.37. The van der Waals surface area contributed by atoms with Crippen molar-refractivity contribution in [2.75, 3.05) is 25.1 Å². The average molecular weight is 249 g/mol. The molecule has 0 spiro atoms. The Kier molecular flexibility index (Phi) is 2.48. The van der Waals surface area contributed by atoms with Gasteiger partial charge in [-0.2, -0.15) is 0 Å². The van der Waals surface area contributed by atoms with Gasteiger partial charge in [-0.25, -0.2) is 14.8 Å². The molecule has 1 aromatic heterocycles. The normalized spacial score (nSPS) is 21.3. The molecule has 2 fully saturated rings. The summed E-state index contributed by atoms with van der Waals surface area (Å²) < 4.78 is 4.58. The van der Waals surface area contributed by atoms with Crippen LogP contribution < -0.4 is 4.90 Å². The summed E-state index contributed by atoms with van der Waals surface area (Å²) in [4.78, 5) is 21.3. The molecule has 2 aliphatic rings. The minimum atomic E-state index is -0.559. The largest absolute Gasteiger partial charge is 0.463 e. The monoisotopic (exact) mass is 249 g/mol. The third-order valence-corrected chi connectivity index (χ3v) is 3.60. The highest BCUT2D eigenvalue weighted by Crippen LogP contribution is 2.45. The van der Waals surface area contributed by atoms with E-state index in [0.29, 0.717) is 24.8 Å². The summed E-state index contributed by atoms with van der Waals surface area (Å²) in [6, 6.07) is 1.74. The van der Waals surface area contributed by atoms with Crippen molar-refractivity contribution >= 4 is 11.8 Å². The van der Waals surface area contributed by atoms with Crippen molar-refractivity contribution in [3.63, 3.8) is 0 Å². The molecule has 1 saturated carbocycles. The van der Waals surface area contributed by atoms with Crippen LogP contribution in [0.1, 0.15) is 23.5 Å². The molecule has 6 heteroatoms. The maximum absolute atomic E-state index is 11.3. The molecule has 6 nitrogen and oxygen atoms in total. The van der Waals surface area contributed by atoms with E-state index in [0.717, 1.165) is 12.8 Å². The van der Waals surface area contributed by atoms with Gasteiger partial charge in [0.2, 0.25) is 5.82 Å². The zero-order valence-corrected chi connectivity index (χ0v) is 10.2. The molecule has 0 atom stereocenters. The Labute approximate surface area is 105 Å². The van der Waals surface area contributed by atoms with Crippen LogP contribution >= 0.6 is 0 Å². The van der Waals surface area contributed by atoms with Crippen molar-refractivity contribution in [2.24, 2.45) is 5.92 Å². The standard InChI is InChI=1S/C12H15N3O3/c1-18-11(16)10-13-5-4-9(14-10)15-6-12(17,7-15)8-2-3-8/h4-5,8,17H,2-3,6-7H2,1H3. The number of hydrogen-bond donors (Lipinski definition) is 1. The Morgan fingerprint density at radius 2 is 2.28 bits per heavy atom. The van der Waals surface area contributed by atoms with Crippen molar-refractivity contribution in [1.82, 2.24) is 9.97 Å². The SMILES string of the molecule is COC(=O)c1nccc(N2CC(O)(C3CC3)C2)n1. The van der Waals surface area contributed by atoms with Crippen LogP contribution in [0.5, 0.6) is 0 Å². The van der Waals surface area contributed by atoms with Gasteiger partial charge >= 0.3 is 5.97 Å². The van der Waals surface area contributed by atoms with Crippen LogP contribution in [0.2, 0.25) is 0 Å². The third-order valence-electron chi connectivity index (χ3n) is 3.60. The molecule has 0 amide bonds. The predicted molar refractivity (Wildman–Crippen MR) is 63.3 cm³/mol. The van der Waals surface area contributed by atoms with Crippen LogP contribution in [0.3, 0.4) is 0 Å². The molecular weight excluding hydrogens is 234 g/mol. The van der Waals surface area contributed by atoms with Gasteiger partial charge in [0.1, 0.15) is 11.4 Å². The molecule has 1 aromatic rings. The summed E-state index contributed by atoms with van der Waals surface area (Å²) in [7, 11) is 1.30. The van der Waals surface area contributed by atoms with Crippen LogP contribution in [0.25, 0.3) is 0 Å². The second kappa shape index (κ2) is 3.91. The van der Waals surface area contributed by atoms with Crippen LogP contribution in [0.15, 0.2) is 12.3 Å². The number of anilines is 1. The molecule has 1 saturated heterocycles. The Morgan fingerprint density at radius 1 is 1.56 bits per heavy atom. The minimum Gasteiger partial charge on any atom is -0.463 e. The maximum atomic E-state index is 11.3. The van der Waals surface area contributed by atoms with Gasteiger partial charge in [-0.05, 0) is 24.8 Å². The summed E-state index contributed by atoms with van der Waals surface area (Å²) in [5.41, 5.74) is -0.559. The second-order valence-electron chi connectivity index (χ2n) is 4.96. The number of ether oxygens (including phenoxy) is 1. The van der Waals surface area contributed by atoms with E-state index in [2.05, 4.69) is 14.7 Å². The fourth-order valence-electron chi connectivity index (χ4n) is 2.37. The highest BCUT2D eigenvalue weighted by atomic mass is 16.5. The predicted octanol–water partition coefficient (Wildman–Crippen LogP) is 0.224. The summed E-state index contributed by atoms with van der Waals surface area (Å²) >= 11 is 0. The number of rotatable bonds is 3. The zero-order chi connectivity index (χ0) is 12.8. The van der Waals surface area contributed by atoms with E-state index >= 15 is 0 Å². The first-order valence-electron chi connectivity index (χ1n) is 6.01. The number of aliphatic hydroxyl groups is 1. The lowest BCUT2D eigenvalue weighted by Gasteiger charge is -2.47. The molecule has 1 aliphatic heterocycles. The molecule has 2 heterocycles. The summed E-state index contributed by atoms with van der Waals surface area (Å²) in [6.07, 6.45) is 3.76. The molecule has 0 bridgehead atoms. The van der Waals surface area contributed by atoms with Crippen LogP contribution in [0.4, 0.5) is 5.82 Å². The molecule has 3 rings (SSSR count). The second-order valence-corrected chi connectivity index (χ2v) is 4.96. The van der Waals surface area contributed by atoms with Gasteiger partial charge in [0.05, 0.1) is 20.2 Å². The van der Waals surface area contributed by atoms with Gasteiger partial charge in [-0.1, -0.05) is 0 Å². The van der Waals surface area contributed by atoms with Crippen molar-refractivity contribution in [2.45, 2.75) is 18.4 Å². The number of esters is 1. The van der Waals surface area contributed by atoms with E-state index in [9.17, 15) is 9.90 Å². The first-order chi connectivity index (χ1) is 8.62. The number of β-amino-alcohol motifs (C(OH)–C–C–N with tert-alkyl or cyclic N) is 1. The number of nitrogens with zero attached hydrogens (tertiary/aromatic N) is 3. The topological polar surface area (TPSA) is 75.5 Å². The van der Waals surface area contributed by atoms with Crippen molar-refractivity contribution in [3.8, 4) is 0 Å². The van der Waals surface area contributed by atoms with Crippen molar-refractivity contribution < 1.29 is 14.6 Å². The Bertz CT molecular complexity index is 481. The Morgan fingerprint density at radius 3 is 2.89 bits per heavy atom. The Hall–Kier alpha value is -1.69. The molecule has 0 radical (unpaired) electrons. The lowest BCUT2D eigenvalue weighted by molar-refractivity contribution is -0.00976. The van der Waals surface area contributed by atoms with Crippen molar-refractivity contribution in [3.05, 3.63) is 18.1 Å². The van der Waals surface area contributed by atoms with Crippen LogP contribution in [-0.2, 0) is 4.74 Å². The number of carbonyl (C=O) groups excluding carboxylic acids is 1. The number of hydrogen-bond acceptors (Lipinski definition) is 6. The highest BCUT2D eigenvalue weighted by Gasteiger charge is 2.52. The number of carbonyl (C=O) groups is 1. The number of methoxy groups -OCH3 is 1. The van der Waals surface area contributed by atoms with Crippen LogP contribution in [-0.4, -0.2) is 46.8 Å². The summed E-state index contributed by atoms with van der Waals surface area (Å²) in [6.45, 7) is 1.16. The van der Waals surface area contributed by atoms with E-state index in [1.54, 1.807) is 6.07 Å². The smallest absolute Gasteiger partial charge is 0.376 e. The lowest BCUT2D eigenvalue weighted by Crippen LogP contribution is -2.63. The van der Waals surface area contributed by atoms with Crippen molar-refractivity contribution in [1.29, 1.82) is 0 Å². The summed E-state index contributed by atoms with van der Waals surface area (Å²) in [5.74, 6) is 0.609. The number of aromatic nitrogens is 2. The van der Waals surface area contributed by atoms with E-state index in [1.807, 2.05) is 4.90 Å².